The summed E-state index contributed by atoms with van der Waals surface area (Å²) in [5.74, 6) is -2.40. The van der Waals surface area contributed by atoms with Gasteiger partial charge in [0, 0.05) is 5.69 Å². The van der Waals surface area contributed by atoms with Gasteiger partial charge < -0.3 is 20.5 Å². The number of halogens is 2. The fourth-order valence-electron chi connectivity index (χ4n) is 1.85. The monoisotopic (exact) mass is 302 g/mol. The summed E-state index contributed by atoms with van der Waals surface area (Å²) < 4.78 is 18.0. The molecule has 2 unspecified atom stereocenters. The first-order chi connectivity index (χ1) is 9.47. The average molecular weight is 303 g/mol. The summed E-state index contributed by atoms with van der Waals surface area (Å²) in [4.78, 5) is 22.6. The zero-order chi connectivity index (χ0) is 14.7. The number of urea groups is 1. The van der Waals surface area contributed by atoms with Crippen molar-refractivity contribution in [1.29, 1.82) is 0 Å². The number of carbonyl (C=O) groups excluding carboxylic acids is 1. The van der Waals surface area contributed by atoms with Gasteiger partial charge in [0.15, 0.2) is 0 Å². The van der Waals surface area contributed by atoms with E-state index in [9.17, 15) is 14.0 Å². The largest absolute Gasteiger partial charge is 0.481 e. The molecule has 1 aliphatic heterocycles. The molecule has 20 heavy (non-hydrogen) atoms. The molecule has 1 heterocycles. The summed E-state index contributed by atoms with van der Waals surface area (Å²) in [6.45, 7) is 0.192. The summed E-state index contributed by atoms with van der Waals surface area (Å²) >= 11 is 5.59. The van der Waals surface area contributed by atoms with Crippen molar-refractivity contribution < 1.29 is 23.8 Å². The standard InChI is InChI=1S/C12H12ClFN2O4/c13-8-3-6(1-2-9(8)14)15-12(19)16-10-5-20-4-7(10)11(17)18/h1-3,7,10H,4-5H2,(H,17,18)(H2,15,16,19). The second-order valence-corrected chi connectivity index (χ2v) is 4.72. The molecule has 0 aromatic heterocycles. The van der Waals surface area contributed by atoms with E-state index in [0.29, 0.717) is 5.69 Å². The highest BCUT2D eigenvalue weighted by Crippen LogP contribution is 2.19. The lowest BCUT2D eigenvalue weighted by atomic mass is 10.0. The van der Waals surface area contributed by atoms with E-state index in [4.69, 9.17) is 21.4 Å². The van der Waals surface area contributed by atoms with Crippen LogP contribution in [0.4, 0.5) is 14.9 Å². The molecule has 1 aromatic carbocycles. The second kappa shape index (κ2) is 6.06. The normalized spacial score (nSPS) is 21.5. The van der Waals surface area contributed by atoms with E-state index in [1.165, 1.54) is 12.1 Å². The van der Waals surface area contributed by atoms with E-state index < -0.39 is 29.8 Å². The number of amides is 2. The van der Waals surface area contributed by atoms with E-state index in [0.717, 1.165) is 6.07 Å². The number of carboxylic acid groups (broad SMARTS) is 1. The van der Waals surface area contributed by atoms with Crippen LogP contribution in [0.1, 0.15) is 0 Å². The smallest absolute Gasteiger partial charge is 0.319 e. The Balaban J connectivity index is 1.95. The number of nitrogens with one attached hydrogen (secondary N) is 2. The van der Waals surface area contributed by atoms with Crippen LogP contribution >= 0.6 is 11.6 Å². The van der Waals surface area contributed by atoms with Crippen molar-refractivity contribution in [3.8, 4) is 0 Å². The highest BCUT2D eigenvalue weighted by Gasteiger charge is 2.35. The summed E-state index contributed by atoms with van der Waals surface area (Å²) in [5.41, 5.74) is 0.305. The number of benzene rings is 1. The molecule has 0 saturated carbocycles. The number of hydrogen-bond donors (Lipinski definition) is 3. The van der Waals surface area contributed by atoms with Crippen molar-refractivity contribution >= 4 is 29.3 Å². The maximum absolute atomic E-state index is 13.0. The van der Waals surface area contributed by atoms with Crippen LogP contribution in [0.3, 0.4) is 0 Å². The minimum absolute atomic E-state index is 0.0582. The van der Waals surface area contributed by atoms with Crippen LogP contribution in [0, 0.1) is 11.7 Å². The molecule has 1 aromatic rings. The fourth-order valence-corrected chi connectivity index (χ4v) is 2.03. The SMILES string of the molecule is O=C(Nc1ccc(F)c(Cl)c1)NC1COCC1C(=O)O. The molecule has 108 valence electrons. The number of hydrogen-bond acceptors (Lipinski definition) is 3. The average Bonchev–Trinajstić information content (AvgIpc) is 2.82. The molecule has 1 aliphatic rings. The number of aliphatic carboxylic acids is 1. The molecule has 3 N–H and O–H groups in total. The molecular formula is C12H12ClFN2O4. The zero-order valence-corrected chi connectivity index (χ0v) is 11.0. The Morgan fingerprint density at radius 3 is 2.80 bits per heavy atom. The van der Waals surface area contributed by atoms with Gasteiger partial charge in [-0.15, -0.1) is 0 Å². The third kappa shape index (κ3) is 3.37. The summed E-state index contributed by atoms with van der Waals surface area (Å²) in [7, 11) is 0. The van der Waals surface area contributed by atoms with Crippen molar-refractivity contribution in [3.63, 3.8) is 0 Å². The van der Waals surface area contributed by atoms with Crippen LogP contribution < -0.4 is 10.6 Å². The van der Waals surface area contributed by atoms with Gasteiger partial charge in [-0.2, -0.15) is 0 Å². The minimum Gasteiger partial charge on any atom is -0.481 e. The first-order valence-electron chi connectivity index (χ1n) is 5.80. The highest BCUT2D eigenvalue weighted by molar-refractivity contribution is 6.31. The van der Waals surface area contributed by atoms with Crippen LogP contribution in [0.25, 0.3) is 0 Å². The third-order valence-electron chi connectivity index (χ3n) is 2.89. The van der Waals surface area contributed by atoms with Crippen molar-refractivity contribution in [2.75, 3.05) is 18.5 Å². The lowest BCUT2D eigenvalue weighted by Crippen LogP contribution is -2.44. The fraction of sp³-hybridized carbons (Fsp3) is 0.333. The molecule has 8 heteroatoms. The first-order valence-corrected chi connectivity index (χ1v) is 6.18. The molecule has 2 amide bonds. The van der Waals surface area contributed by atoms with Crippen LogP contribution in [0.15, 0.2) is 18.2 Å². The quantitative estimate of drug-likeness (QED) is 0.793. The maximum atomic E-state index is 13.0. The highest BCUT2D eigenvalue weighted by atomic mass is 35.5. The van der Waals surface area contributed by atoms with Gasteiger partial charge >= 0.3 is 12.0 Å². The van der Waals surface area contributed by atoms with Gasteiger partial charge in [-0.25, -0.2) is 9.18 Å². The van der Waals surface area contributed by atoms with Crippen LogP contribution in [-0.4, -0.2) is 36.4 Å². The van der Waals surface area contributed by atoms with Crippen molar-refractivity contribution in [1.82, 2.24) is 5.32 Å². The van der Waals surface area contributed by atoms with Gasteiger partial charge in [-0.1, -0.05) is 11.6 Å². The lowest BCUT2D eigenvalue weighted by Gasteiger charge is -2.16. The van der Waals surface area contributed by atoms with Crippen molar-refractivity contribution in [2.45, 2.75) is 6.04 Å². The Labute approximate surface area is 118 Å². The topological polar surface area (TPSA) is 87.7 Å². The predicted molar refractivity (Wildman–Crippen MR) is 69.3 cm³/mol. The van der Waals surface area contributed by atoms with E-state index in [1.54, 1.807) is 0 Å². The Morgan fingerprint density at radius 1 is 1.40 bits per heavy atom. The summed E-state index contributed by atoms with van der Waals surface area (Å²) in [6.07, 6.45) is 0. The third-order valence-corrected chi connectivity index (χ3v) is 3.18. The Hall–Kier alpha value is -1.86. The van der Waals surface area contributed by atoms with Gasteiger partial charge in [-0.3, -0.25) is 4.79 Å². The number of anilines is 1. The minimum atomic E-state index is -1.03. The van der Waals surface area contributed by atoms with E-state index in [2.05, 4.69) is 10.6 Å². The molecule has 0 spiro atoms. The van der Waals surface area contributed by atoms with Crippen LogP contribution in [0.2, 0.25) is 5.02 Å². The molecule has 2 rings (SSSR count). The van der Waals surface area contributed by atoms with Gasteiger partial charge in [-0.05, 0) is 18.2 Å². The van der Waals surface area contributed by atoms with Gasteiger partial charge in [0.05, 0.1) is 24.3 Å². The molecule has 1 saturated heterocycles. The first kappa shape index (κ1) is 14.5. The number of ether oxygens (including phenoxy) is 1. The van der Waals surface area contributed by atoms with Crippen LogP contribution in [0.5, 0.6) is 0 Å². The lowest BCUT2D eigenvalue weighted by molar-refractivity contribution is -0.142. The molecule has 2 atom stereocenters. The maximum Gasteiger partial charge on any atom is 0.319 e. The summed E-state index contributed by atoms with van der Waals surface area (Å²) in [6, 6.07) is 2.52. The Bertz CT molecular complexity index is 540. The Morgan fingerprint density at radius 2 is 2.15 bits per heavy atom. The molecule has 1 fully saturated rings. The summed E-state index contributed by atoms with van der Waals surface area (Å²) in [5, 5.41) is 13.8. The van der Waals surface area contributed by atoms with Gasteiger partial charge in [0.25, 0.3) is 0 Å². The zero-order valence-electron chi connectivity index (χ0n) is 10.2. The van der Waals surface area contributed by atoms with E-state index in [-0.39, 0.29) is 18.2 Å². The van der Waals surface area contributed by atoms with Gasteiger partial charge in [0.2, 0.25) is 0 Å². The Kier molecular flexibility index (Phi) is 4.41. The van der Waals surface area contributed by atoms with Gasteiger partial charge in [0.1, 0.15) is 11.7 Å². The second-order valence-electron chi connectivity index (χ2n) is 4.32. The van der Waals surface area contributed by atoms with E-state index in [1.807, 2.05) is 0 Å². The number of carbonyl (C=O) groups is 2. The van der Waals surface area contributed by atoms with Crippen molar-refractivity contribution in [2.24, 2.45) is 5.92 Å². The molecular weight excluding hydrogens is 291 g/mol. The van der Waals surface area contributed by atoms with Crippen molar-refractivity contribution in [3.05, 3.63) is 29.0 Å². The molecule has 0 bridgehead atoms. The molecule has 6 nitrogen and oxygen atoms in total. The number of rotatable bonds is 3. The molecule has 0 aliphatic carbocycles. The van der Waals surface area contributed by atoms with E-state index >= 15 is 0 Å². The predicted octanol–water partition coefficient (Wildman–Crippen LogP) is 1.70. The van der Waals surface area contributed by atoms with Crippen LogP contribution in [-0.2, 0) is 9.53 Å². The molecule has 0 radical (unpaired) electrons. The number of carboxylic acids is 1.